The van der Waals surface area contributed by atoms with Crippen molar-refractivity contribution in [3.8, 4) is 22.8 Å². The van der Waals surface area contributed by atoms with E-state index >= 15 is 0 Å². The quantitative estimate of drug-likeness (QED) is 0.186. The summed E-state index contributed by atoms with van der Waals surface area (Å²) in [4.78, 5) is 29.6. The van der Waals surface area contributed by atoms with Crippen LogP contribution >= 0.6 is 0 Å². The molecule has 1 heterocycles. The second kappa shape index (κ2) is 12.6. The Morgan fingerprint density at radius 1 is 0.775 bits per heavy atom. The Balaban J connectivity index is 1.34. The molecule has 5 rings (SSSR count). The van der Waals surface area contributed by atoms with E-state index in [0.717, 1.165) is 22.4 Å². The Bertz CT molecular complexity index is 1530. The molecule has 1 aromatic heterocycles. The summed E-state index contributed by atoms with van der Waals surface area (Å²) in [7, 11) is 0. The number of nitrogens with zero attached hydrogens (tertiary/aromatic N) is 2. The molecular weight excluding hydrogens is 504 g/mol. The molecule has 0 amide bonds. The van der Waals surface area contributed by atoms with E-state index in [2.05, 4.69) is 4.98 Å². The summed E-state index contributed by atoms with van der Waals surface area (Å²) in [6, 6.07) is 35.0. The number of imidazole rings is 1. The molecule has 0 radical (unpaired) electrons. The number of carbonyl (C=O) groups excluding carboxylic acids is 1. The van der Waals surface area contributed by atoms with E-state index in [0.29, 0.717) is 17.9 Å². The summed E-state index contributed by atoms with van der Waals surface area (Å²) in [6.45, 7) is 0. The number of aliphatic carboxylic acids is 1. The number of rotatable bonds is 11. The third kappa shape index (κ3) is 6.82. The highest BCUT2D eigenvalue weighted by molar-refractivity contribution is 5.81. The summed E-state index contributed by atoms with van der Waals surface area (Å²) < 4.78 is 13.3. The van der Waals surface area contributed by atoms with Crippen LogP contribution in [0.5, 0.6) is 11.5 Å². The summed E-state index contributed by atoms with van der Waals surface area (Å²) in [5, 5.41) is 9.60. The van der Waals surface area contributed by atoms with Gasteiger partial charge in [-0.15, -0.1) is 0 Å². The number of carboxylic acid groups (broad SMARTS) is 1. The molecular formula is C33H28N2O5. The number of hydrogen-bond donors (Lipinski definition) is 1. The van der Waals surface area contributed by atoms with Crippen molar-refractivity contribution in [2.45, 2.75) is 25.0 Å². The third-order valence-electron chi connectivity index (χ3n) is 6.42. The van der Waals surface area contributed by atoms with Crippen molar-refractivity contribution >= 4 is 11.9 Å². The first-order chi connectivity index (χ1) is 19.5. The third-order valence-corrected chi connectivity index (χ3v) is 6.42. The lowest BCUT2D eigenvalue weighted by Crippen LogP contribution is -2.26. The summed E-state index contributed by atoms with van der Waals surface area (Å²) >= 11 is 0. The van der Waals surface area contributed by atoms with Crippen LogP contribution in [-0.4, -0.2) is 26.6 Å². The Hall–Kier alpha value is -5.17. The molecule has 7 heteroatoms. The molecule has 1 N–H and O–H groups in total. The van der Waals surface area contributed by atoms with Gasteiger partial charge in [-0.1, -0.05) is 78.9 Å². The Morgan fingerprint density at radius 3 is 2.02 bits per heavy atom. The number of ether oxygens (including phenoxy) is 2. The van der Waals surface area contributed by atoms with E-state index in [1.807, 2.05) is 115 Å². The smallest absolute Gasteiger partial charge is 0.330 e. The lowest BCUT2D eigenvalue weighted by molar-refractivity contribution is -0.157. The van der Waals surface area contributed by atoms with Crippen molar-refractivity contribution in [1.82, 2.24) is 9.55 Å². The maximum absolute atomic E-state index is 13.5. The minimum atomic E-state index is -1.11. The maximum Gasteiger partial charge on any atom is 0.330 e. The number of hydrogen-bond acceptors (Lipinski definition) is 5. The zero-order valence-corrected chi connectivity index (χ0v) is 21.7. The van der Waals surface area contributed by atoms with Crippen molar-refractivity contribution in [3.05, 3.63) is 139 Å². The number of para-hydroxylation sites is 1. The van der Waals surface area contributed by atoms with Gasteiger partial charge < -0.3 is 19.1 Å². The molecule has 0 saturated carbocycles. The van der Waals surface area contributed by atoms with E-state index < -0.39 is 30.5 Å². The van der Waals surface area contributed by atoms with Gasteiger partial charge in [0, 0.05) is 18.2 Å². The van der Waals surface area contributed by atoms with Crippen molar-refractivity contribution in [2.24, 2.45) is 0 Å². The summed E-state index contributed by atoms with van der Waals surface area (Å²) in [5.41, 5.74) is 3.23. The predicted octanol–water partition coefficient (Wildman–Crippen LogP) is 6.89. The van der Waals surface area contributed by atoms with Crippen molar-refractivity contribution in [3.63, 3.8) is 0 Å². The zero-order valence-electron chi connectivity index (χ0n) is 21.7. The highest BCUT2D eigenvalue weighted by atomic mass is 16.5. The van der Waals surface area contributed by atoms with Crippen molar-refractivity contribution in [2.75, 3.05) is 0 Å². The molecule has 0 aliphatic carbocycles. The molecule has 0 spiro atoms. The topological polar surface area (TPSA) is 90.7 Å². The minimum Gasteiger partial charge on any atom is -0.481 e. The van der Waals surface area contributed by atoms with Gasteiger partial charge in [-0.05, 0) is 47.5 Å². The molecule has 0 aliphatic heterocycles. The Morgan fingerprint density at radius 2 is 1.38 bits per heavy atom. The van der Waals surface area contributed by atoms with E-state index in [9.17, 15) is 14.7 Å². The second-order valence-corrected chi connectivity index (χ2v) is 9.29. The Labute approximate surface area is 232 Å². The summed E-state index contributed by atoms with van der Waals surface area (Å²) in [5.74, 6) is -0.343. The molecule has 5 aromatic rings. The van der Waals surface area contributed by atoms with Gasteiger partial charge in [-0.25, -0.2) is 9.78 Å². The van der Waals surface area contributed by atoms with Crippen molar-refractivity contribution < 1.29 is 24.2 Å². The average molecular weight is 533 g/mol. The average Bonchev–Trinajstić information content (AvgIpc) is 3.47. The minimum absolute atomic E-state index is 0.439. The molecule has 0 aliphatic rings. The van der Waals surface area contributed by atoms with Crippen LogP contribution in [-0.2, 0) is 20.7 Å². The number of benzene rings is 4. The van der Waals surface area contributed by atoms with Gasteiger partial charge >= 0.3 is 11.9 Å². The van der Waals surface area contributed by atoms with Crippen LogP contribution in [0.2, 0.25) is 0 Å². The fourth-order valence-corrected chi connectivity index (χ4v) is 4.39. The zero-order chi connectivity index (χ0) is 27.7. The normalized spacial score (nSPS) is 12.3. The molecule has 0 fully saturated rings. The van der Waals surface area contributed by atoms with Crippen LogP contribution in [0.4, 0.5) is 0 Å². The van der Waals surface area contributed by atoms with Crippen LogP contribution < -0.4 is 4.74 Å². The number of esters is 1. The van der Waals surface area contributed by atoms with Crippen LogP contribution in [0.15, 0.2) is 128 Å². The maximum atomic E-state index is 13.5. The SMILES string of the molecule is O=C(O)CC(C(=O)OC(Cc1ccccc1)c1ccccc1)n1cnc(-c2ccc(Oc3ccccc3)cc2)c1. The second-order valence-electron chi connectivity index (χ2n) is 9.29. The monoisotopic (exact) mass is 532 g/mol. The lowest BCUT2D eigenvalue weighted by atomic mass is 10.0. The fourth-order valence-electron chi connectivity index (χ4n) is 4.39. The van der Waals surface area contributed by atoms with E-state index in [1.165, 1.54) is 10.9 Å². The number of carbonyl (C=O) groups is 2. The number of carboxylic acids is 1. The largest absolute Gasteiger partial charge is 0.481 e. The van der Waals surface area contributed by atoms with Gasteiger partial charge in [-0.3, -0.25) is 4.79 Å². The van der Waals surface area contributed by atoms with Crippen LogP contribution in [0.1, 0.15) is 29.7 Å². The van der Waals surface area contributed by atoms with Gasteiger partial charge in [-0.2, -0.15) is 0 Å². The molecule has 200 valence electrons. The molecule has 7 nitrogen and oxygen atoms in total. The fraction of sp³-hybridized carbons (Fsp3) is 0.121. The Kier molecular flexibility index (Phi) is 8.32. The van der Waals surface area contributed by atoms with Crippen molar-refractivity contribution in [1.29, 1.82) is 0 Å². The van der Waals surface area contributed by atoms with Crippen LogP contribution in [0.25, 0.3) is 11.3 Å². The molecule has 0 bridgehead atoms. The van der Waals surface area contributed by atoms with E-state index in [4.69, 9.17) is 9.47 Å². The van der Waals surface area contributed by atoms with Gasteiger partial charge in [0.05, 0.1) is 18.4 Å². The molecule has 40 heavy (non-hydrogen) atoms. The highest BCUT2D eigenvalue weighted by Crippen LogP contribution is 2.28. The van der Waals surface area contributed by atoms with Gasteiger partial charge in [0.15, 0.2) is 0 Å². The first kappa shape index (κ1) is 26.4. The predicted molar refractivity (Wildman–Crippen MR) is 151 cm³/mol. The van der Waals surface area contributed by atoms with Gasteiger partial charge in [0.25, 0.3) is 0 Å². The molecule has 0 saturated heterocycles. The highest BCUT2D eigenvalue weighted by Gasteiger charge is 2.29. The standard InChI is InChI=1S/C33H28N2O5/c36-32(37)21-30(33(38)40-31(26-12-6-2-7-13-26)20-24-10-4-1-5-11-24)35-22-29(34-23-35)25-16-18-28(19-17-25)39-27-14-8-3-9-15-27/h1-19,22-23,30-31H,20-21H2,(H,36,37). The number of aromatic nitrogens is 2. The first-order valence-electron chi connectivity index (χ1n) is 12.9. The van der Waals surface area contributed by atoms with Gasteiger partial charge in [0.1, 0.15) is 23.6 Å². The van der Waals surface area contributed by atoms with Crippen LogP contribution in [0.3, 0.4) is 0 Å². The van der Waals surface area contributed by atoms with E-state index in [-0.39, 0.29) is 0 Å². The first-order valence-corrected chi connectivity index (χ1v) is 12.9. The van der Waals surface area contributed by atoms with Crippen LogP contribution in [0, 0.1) is 0 Å². The van der Waals surface area contributed by atoms with E-state index in [1.54, 1.807) is 6.20 Å². The molecule has 2 atom stereocenters. The molecule has 4 aromatic carbocycles. The lowest BCUT2D eigenvalue weighted by Gasteiger charge is -2.22. The molecule has 2 unspecified atom stereocenters. The summed E-state index contributed by atoms with van der Waals surface area (Å²) in [6.07, 6.45) is 2.57. The van der Waals surface area contributed by atoms with Gasteiger partial charge in [0.2, 0.25) is 0 Å².